The molecular weight excluding hydrogens is 146 g/mol. The topological polar surface area (TPSA) is 14.1 Å². The Hall–Kier alpha value is -0.0400. The highest BCUT2D eigenvalue weighted by Crippen LogP contribution is 2.34. The second-order valence-electron chi connectivity index (χ2n) is 4.48. The molecule has 69 valence electrons. The van der Waals surface area contributed by atoms with Crippen LogP contribution < -0.4 is 5.32 Å². The van der Waals surface area contributed by atoms with Gasteiger partial charge in [0.1, 0.15) is 0 Å². The van der Waals surface area contributed by atoms with Crippen molar-refractivity contribution >= 4 is 0 Å². The van der Waals surface area contributed by atoms with Crippen LogP contribution in [0, 0.1) is 0 Å². The van der Waals surface area contributed by atoms with Gasteiger partial charge < -0.3 is 0 Å². The summed E-state index contributed by atoms with van der Waals surface area (Å²) in [7, 11) is 0. The molecule has 0 aromatic rings. The van der Waals surface area contributed by atoms with Crippen molar-refractivity contribution in [2.45, 2.75) is 63.3 Å². The lowest BCUT2D eigenvalue weighted by atomic mass is 9.79. The van der Waals surface area contributed by atoms with Crippen LogP contribution in [0.1, 0.15) is 57.8 Å². The predicted molar refractivity (Wildman–Crippen MR) is 51.3 cm³/mol. The maximum Gasteiger partial charge on any atom is 0.0356 e. The maximum absolute atomic E-state index is 4.91. The van der Waals surface area contributed by atoms with Gasteiger partial charge in [-0.2, -0.15) is 0 Å². The Morgan fingerprint density at radius 2 is 1.25 bits per heavy atom. The molecule has 0 bridgehead atoms. The molecular formula is C11H20N. The fraction of sp³-hybridized carbons (Fsp3) is 1.00. The van der Waals surface area contributed by atoms with Crippen LogP contribution in [0.25, 0.3) is 0 Å². The molecule has 0 atom stereocenters. The summed E-state index contributed by atoms with van der Waals surface area (Å²) in [5.41, 5.74) is 0.467. The molecule has 1 radical (unpaired) electrons. The summed E-state index contributed by atoms with van der Waals surface area (Å²) in [5, 5.41) is 4.91. The second kappa shape index (κ2) is 3.78. The third-order valence-corrected chi connectivity index (χ3v) is 3.53. The first-order chi connectivity index (χ1) is 5.91. The Morgan fingerprint density at radius 3 is 1.92 bits per heavy atom. The van der Waals surface area contributed by atoms with Crippen LogP contribution in [0.4, 0.5) is 0 Å². The number of hydrogen-bond donors (Lipinski definition) is 0. The van der Waals surface area contributed by atoms with Crippen LogP contribution in [0.2, 0.25) is 0 Å². The van der Waals surface area contributed by atoms with Crippen molar-refractivity contribution in [1.82, 2.24) is 5.32 Å². The molecule has 2 aliphatic rings. The van der Waals surface area contributed by atoms with Gasteiger partial charge in [-0.25, -0.2) is 5.32 Å². The lowest BCUT2D eigenvalue weighted by Crippen LogP contribution is -2.40. The van der Waals surface area contributed by atoms with Crippen molar-refractivity contribution in [2.24, 2.45) is 0 Å². The first-order valence-electron chi connectivity index (χ1n) is 5.60. The first-order valence-corrected chi connectivity index (χ1v) is 5.60. The van der Waals surface area contributed by atoms with Gasteiger partial charge in [-0.3, -0.25) is 0 Å². The second-order valence-corrected chi connectivity index (χ2v) is 4.48. The lowest BCUT2D eigenvalue weighted by Gasteiger charge is -2.35. The molecule has 1 saturated heterocycles. The van der Waals surface area contributed by atoms with Crippen molar-refractivity contribution in [3.8, 4) is 0 Å². The molecule has 0 N–H and O–H groups in total. The van der Waals surface area contributed by atoms with E-state index in [1.54, 1.807) is 0 Å². The van der Waals surface area contributed by atoms with Gasteiger partial charge in [0.15, 0.2) is 0 Å². The molecule has 2 rings (SSSR count). The monoisotopic (exact) mass is 166 g/mol. The number of rotatable bonds is 0. The zero-order valence-corrected chi connectivity index (χ0v) is 8.02. The minimum absolute atomic E-state index is 0.467. The van der Waals surface area contributed by atoms with Crippen LogP contribution in [0.3, 0.4) is 0 Å². The average molecular weight is 166 g/mol. The van der Waals surface area contributed by atoms with Gasteiger partial charge in [-0.15, -0.1) is 0 Å². The van der Waals surface area contributed by atoms with E-state index in [1.165, 1.54) is 57.8 Å². The van der Waals surface area contributed by atoms with Gasteiger partial charge in [0.05, 0.1) is 0 Å². The molecule has 1 aliphatic carbocycles. The summed E-state index contributed by atoms with van der Waals surface area (Å²) in [5.74, 6) is 0. The zero-order chi connectivity index (χ0) is 8.28. The van der Waals surface area contributed by atoms with E-state index < -0.39 is 0 Å². The molecule has 1 heterocycles. The zero-order valence-electron chi connectivity index (χ0n) is 8.02. The van der Waals surface area contributed by atoms with Crippen molar-refractivity contribution in [2.75, 3.05) is 6.54 Å². The minimum Gasteiger partial charge on any atom is -0.235 e. The molecule has 1 aliphatic heterocycles. The summed E-state index contributed by atoms with van der Waals surface area (Å²) in [4.78, 5) is 0. The van der Waals surface area contributed by atoms with Gasteiger partial charge in [-0.1, -0.05) is 32.1 Å². The molecule has 0 aromatic heterocycles. The van der Waals surface area contributed by atoms with E-state index in [1.807, 2.05) is 0 Å². The summed E-state index contributed by atoms with van der Waals surface area (Å²) in [6.07, 6.45) is 12.7. The van der Waals surface area contributed by atoms with E-state index >= 15 is 0 Å². The first kappa shape index (κ1) is 8.55. The largest absolute Gasteiger partial charge is 0.235 e. The van der Waals surface area contributed by atoms with E-state index in [9.17, 15) is 0 Å². The Labute approximate surface area is 75.9 Å². The number of nitrogens with zero attached hydrogens (tertiary/aromatic N) is 1. The molecule has 0 amide bonds. The summed E-state index contributed by atoms with van der Waals surface area (Å²) < 4.78 is 0. The molecule has 1 spiro atoms. The smallest absolute Gasteiger partial charge is 0.0356 e. The highest BCUT2D eigenvalue weighted by Gasteiger charge is 2.32. The van der Waals surface area contributed by atoms with Gasteiger partial charge in [0.2, 0.25) is 0 Å². The van der Waals surface area contributed by atoms with Crippen molar-refractivity contribution in [3.63, 3.8) is 0 Å². The third-order valence-electron chi connectivity index (χ3n) is 3.53. The molecule has 0 unspecified atom stereocenters. The fourth-order valence-electron chi connectivity index (χ4n) is 2.76. The van der Waals surface area contributed by atoms with Crippen LogP contribution >= 0.6 is 0 Å². The molecule has 12 heavy (non-hydrogen) atoms. The third kappa shape index (κ3) is 1.82. The van der Waals surface area contributed by atoms with Crippen molar-refractivity contribution in [3.05, 3.63) is 0 Å². The average Bonchev–Trinajstić information content (AvgIpc) is 2.33. The Balaban J connectivity index is 1.95. The fourth-order valence-corrected chi connectivity index (χ4v) is 2.76. The maximum atomic E-state index is 4.91. The van der Waals surface area contributed by atoms with Crippen molar-refractivity contribution < 1.29 is 0 Å². The van der Waals surface area contributed by atoms with Crippen LogP contribution in [0.5, 0.6) is 0 Å². The number of hydrogen-bond acceptors (Lipinski definition) is 0. The summed E-state index contributed by atoms with van der Waals surface area (Å²) in [6.45, 7) is 1.15. The lowest BCUT2D eigenvalue weighted by molar-refractivity contribution is 0.220. The molecule has 1 saturated carbocycles. The van der Waals surface area contributed by atoms with E-state index in [-0.39, 0.29) is 0 Å². The predicted octanol–water partition coefficient (Wildman–Crippen LogP) is 2.87. The Bertz CT molecular complexity index is 126. The van der Waals surface area contributed by atoms with E-state index in [0.717, 1.165) is 6.54 Å². The Morgan fingerprint density at radius 1 is 0.667 bits per heavy atom. The van der Waals surface area contributed by atoms with Crippen LogP contribution in [0.15, 0.2) is 0 Å². The highest BCUT2D eigenvalue weighted by atomic mass is 15.0. The summed E-state index contributed by atoms with van der Waals surface area (Å²) in [6, 6.07) is 0. The molecule has 2 fully saturated rings. The summed E-state index contributed by atoms with van der Waals surface area (Å²) >= 11 is 0. The van der Waals surface area contributed by atoms with Crippen molar-refractivity contribution in [1.29, 1.82) is 0 Å². The van der Waals surface area contributed by atoms with Gasteiger partial charge in [0, 0.05) is 12.1 Å². The van der Waals surface area contributed by atoms with E-state index in [4.69, 9.17) is 5.32 Å². The van der Waals surface area contributed by atoms with Crippen LogP contribution in [-0.4, -0.2) is 12.1 Å². The van der Waals surface area contributed by atoms with Gasteiger partial charge in [-0.05, 0) is 25.7 Å². The highest BCUT2D eigenvalue weighted by molar-refractivity contribution is 4.91. The van der Waals surface area contributed by atoms with Crippen LogP contribution in [-0.2, 0) is 0 Å². The normalized spacial score (nSPS) is 30.0. The quantitative estimate of drug-likeness (QED) is 0.525. The molecule has 0 aromatic carbocycles. The van der Waals surface area contributed by atoms with Gasteiger partial charge >= 0.3 is 0 Å². The SMILES string of the molecule is C1CC[N]C2(CC1)CCCCC2. The van der Waals surface area contributed by atoms with Gasteiger partial charge in [0.25, 0.3) is 0 Å². The minimum atomic E-state index is 0.467. The van der Waals surface area contributed by atoms with E-state index in [0.29, 0.717) is 5.54 Å². The molecule has 1 heteroatoms. The molecule has 1 nitrogen and oxygen atoms in total. The standard InChI is InChI=1S/C11H20N/c1-3-7-11(8-4-1)9-5-2-6-10-12-11/h1-10H2. The van der Waals surface area contributed by atoms with E-state index in [2.05, 4.69) is 0 Å². The Kier molecular flexibility index (Phi) is 2.69.